The lowest BCUT2D eigenvalue weighted by molar-refractivity contribution is 0.332. The zero-order chi connectivity index (χ0) is 13.7. The van der Waals surface area contributed by atoms with Crippen LogP contribution in [0.2, 0.25) is 0 Å². The highest BCUT2D eigenvalue weighted by Gasteiger charge is 2.19. The van der Waals surface area contributed by atoms with Crippen LogP contribution in [0.5, 0.6) is 0 Å². The Labute approximate surface area is 111 Å². The van der Waals surface area contributed by atoms with Gasteiger partial charge in [-0.2, -0.15) is 0 Å². The minimum absolute atomic E-state index is 0.120. The Morgan fingerprint density at radius 3 is 2.39 bits per heavy atom. The third-order valence-corrected chi connectivity index (χ3v) is 3.38. The van der Waals surface area contributed by atoms with Gasteiger partial charge in [-0.3, -0.25) is 0 Å². The first-order chi connectivity index (χ1) is 8.45. The smallest absolute Gasteiger partial charge is 0.126 e. The highest BCUT2D eigenvalue weighted by Crippen LogP contribution is 2.28. The summed E-state index contributed by atoms with van der Waals surface area (Å²) in [5, 5.41) is 3.53. The molecule has 0 fully saturated rings. The second-order valence-corrected chi connectivity index (χ2v) is 5.65. The molecule has 0 aliphatic heterocycles. The second-order valence-electron chi connectivity index (χ2n) is 5.65. The molecule has 2 heteroatoms. The lowest BCUT2D eigenvalue weighted by Gasteiger charge is -2.27. The summed E-state index contributed by atoms with van der Waals surface area (Å²) >= 11 is 0. The Kier molecular flexibility index (Phi) is 5.80. The molecular weight excluding hydrogens is 225 g/mol. The molecule has 0 heterocycles. The monoisotopic (exact) mass is 251 g/mol. The fourth-order valence-corrected chi connectivity index (χ4v) is 2.61. The van der Waals surface area contributed by atoms with E-state index in [0.29, 0.717) is 17.9 Å². The minimum atomic E-state index is -0.120. The van der Waals surface area contributed by atoms with Crippen LogP contribution < -0.4 is 5.32 Å². The van der Waals surface area contributed by atoms with E-state index in [2.05, 4.69) is 33.0 Å². The maximum atomic E-state index is 13.3. The van der Waals surface area contributed by atoms with Crippen molar-refractivity contribution in [2.24, 2.45) is 11.8 Å². The van der Waals surface area contributed by atoms with Crippen LogP contribution >= 0.6 is 0 Å². The summed E-state index contributed by atoms with van der Waals surface area (Å²) in [6.45, 7) is 11.6. The first-order valence-corrected chi connectivity index (χ1v) is 6.95. The van der Waals surface area contributed by atoms with Crippen molar-refractivity contribution >= 4 is 0 Å². The van der Waals surface area contributed by atoms with Gasteiger partial charge in [-0.05, 0) is 48.9 Å². The molecule has 0 spiro atoms. The molecule has 0 aliphatic rings. The van der Waals surface area contributed by atoms with E-state index < -0.39 is 0 Å². The number of hydrogen-bond donors (Lipinski definition) is 1. The third-order valence-electron chi connectivity index (χ3n) is 3.38. The molecule has 18 heavy (non-hydrogen) atoms. The fraction of sp³-hybridized carbons (Fsp3) is 0.625. The second kappa shape index (κ2) is 6.89. The standard InChI is InChI=1S/C16H26FN/c1-6-18-16(13(5)9-11(2)3)14-7-8-15(17)12(4)10-14/h7-8,10-11,13,16,18H,6,9H2,1-5H3. The van der Waals surface area contributed by atoms with Crippen molar-refractivity contribution in [3.05, 3.63) is 35.1 Å². The number of benzene rings is 1. The van der Waals surface area contributed by atoms with Crippen LogP contribution in [-0.4, -0.2) is 6.54 Å². The summed E-state index contributed by atoms with van der Waals surface area (Å²) in [4.78, 5) is 0. The summed E-state index contributed by atoms with van der Waals surface area (Å²) < 4.78 is 13.3. The van der Waals surface area contributed by atoms with Gasteiger partial charge in [-0.1, -0.05) is 39.8 Å². The van der Waals surface area contributed by atoms with Crippen molar-refractivity contribution in [3.8, 4) is 0 Å². The van der Waals surface area contributed by atoms with Crippen LogP contribution in [0.4, 0.5) is 4.39 Å². The van der Waals surface area contributed by atoms with Crippen molar-refractivity contribution in [3.63, 3.8) is 0 Å². The van der Waals surface area contributed by atoms with Gasteiger partial charge in [-0.15, -0.1) is 0 Å². The van der Waals surface area contributed by atoms with Crippen molar-refractivity contribution < 1.29 is 4.39 Å². The van der Waals surface area contributed by atoms with Gasteiger partial charge in [0, 0.05) is 6.04 Å². The van der Waals surface area contributed by atoms with Crippen LogP contribution in [0.3, 0.4) is 0 Å². The van der Waals surface area contributed by atoms with Gasteiger partial charge in [0.1, 0.15) is 5.82 Å². The van der Waals surface area contributed by atoms with Gasteiger partial charge in [0.2, 0.25) is 0 Å². The highest BCUT2D eigenvalue weighted by atomic mass is 19.1. The molecule has 1 rings (SSSR count). The summed E-state index contributed by atoms with van der Waals surface area (Å²) in [5.74, 6) is 1.11. The molecule has 1 aromatic carbocycles. The molecule has 0 aromatic heterocycles. The topological polar surface area (TPSA) is 12.0 Å². The lowest BCUT2D eigenvalue weighted by atomic mass is 9.87. The molecule has 0 radical (unpaired) electrons. The van der Waals surface area contributed by atoms with Crippen molar-refractivity contribution in [2.75, 3.05) is 6.54 Å². The van der Waals surface area contributed by atoms with Crippen molar-refractivity contribution in [1.29, 1.82) is 0 Å². The molecule has 0 bridgehead atoms. The van der Waals surface area contributed by atoms with E-state index in [4.69, 9.17) is 0 Å². The van der Waals surface area contributed by atoms with E-state index in [0.717, 1.165) is 12.1 Å². The molecule has 1 aromatic rings. The molecule has 1 N–H and O–H groups in total. The number of rotatable bonds is 6. The SMILES string of the molecule is CCNC(c1ccc(F)c(C)c1)C(C)CC(C)C. The van der Waals surface area contributed by atoms with Gasteiger partial charge in [-0.25, -0.2) is 4.39 Å². The lowest BCUT2D eigenvalue weighted by Crippen LogP contribution is -2.27. The zero-order valence-corrected chi connectivity index (χ0v) is 12.3. The average Bonchev–Trinajstić information content (AvgIpc) is 2.29. The van der Waals surface area contributed by atoms with Gasteiger partial charge in [0.15, 0.2) is 0 Å². The van der Waals surface area contributed by atoms with Crippen LogP contribution in [0.25, 0.3) is 0 Å². The molecule has 1 nitrogen and oxygen atoms in total. The first kappa shape index (κ1) is 15.2. The van der Waals surface area contributed by atoms with Gasteiger partial charge >= 0.3 is 0 Å². The van der Waals surface area contributed by atoms with Gasteiger partial charge in [0.25, 0.3) is 0 Å². The van der Waals surface area contributed by atoms with Crippen LogP contribution in [0.1, 0.15) is 51.3 Å². The van der Waals surface area contributed by atoms with E-state index >= 15 is 0 Å². The van der Waals surface area contributed by atoms with E-state index in [1.165, 1.54) is 12.0 Å². The molecular formula is C16H26FN. The average molecular weight is 251 g/mol. The molecule has 0 aliphatic carbocycles. The molecule has 2 atom stereocenters. The Morgan fingerprint density at radius 2 is 1.89 bits per heavy atom. The number of halogens is 1. The molecule has 102 valence electrons. The summed E-state index contributed by atoms with van der Waals surface area (Å²) in [5.41, 5.74) is 1.93. The van der Waals surface area contributed by atoms with Gasteiger partial charge in [0.05, 0.1) is 0 Å². The van der Waals surface area contributed by atoms with Crippen LogP contribution in [0.15, 0.2) is 18.2 Å². The Morgan fingerprint density at radius 1 is 1.22 bits per heavy atom. The van der Waals surface area contributed by atoms with E-state index in [1.807, 2.05) is 19.1 Å². The minimum Gasteiger partial charge on any atom is -0.310 e. The quantitative estimate of drug-likeness (QED) is 0.786. The fourth-order valence-electron chi connectivity index (χ4n) is 2.61. The normalized spacial score (nSPS) is 14.8. The van der Waals surface area contributed by atoms with Crippen LogP contribution in [0, 0.1) is 24.6 Å². The van der Waals surface area contributed by atoms with Crippen molar-refractivity contribution in [2.45, 2.75) is 47.1 Å². The number of hydrogen-bond acceptors (Lipinski definition) is 1. The first-order valence-electron chi connectivity index (χ1n) is 6.95. The largest absolute Gasteiger partial charge is 0.310 e. The zero-order valence-electron chi connectivity index (χ0n) is 12.3. The predicted octanol–water partition coefficient (Wildman–Crippen LogP) is 4.47. The number of aryl methyl sites for hydroxylation is 1. The summed E-state index contributed by atoms with van der Waals surface area (Å²) in [6, 6.07) is 5.78. The Hall–Kier alpha value is -0.890. The maximum absolute atomic E-state index is 13.3. The van der Waals surface area contributed by atoms with Crippen molar-refractivity contribution in [1.82, 2.24) is 5.32 Å². The van der Waals surface area contributed by atoms with E-state index in [9.17, 15) is 4.39 Å². The van der Waals surface area contributed by atoms with E-state index in [1.54, 1.807) is 6.07 Å². The summed E-state index contributed by atoms with van der Waals surface area (Å²) in [6.07, 6.45) is 1.17. The molecule has 0 saturated carbocycles. The highest BCUT2D eigenvalue weighted by molar-refractivity contribution is 5.27. The Bertz CT molecular complexity index is 373. The molecule has 0 saturated heterocycles. The molecule has 2 unspecified atom stereocenters. The Balaban J connectivity index is 2.92. The van der Waals surface area contributed by atoms with Gasteiger partial charge < -0.3 is 5.32 Å². The third kappa shape index (κ3) is 4.09. The van der Waals surface area contributed by atoms with E-state index in [-0.39, 0.29) is 5.82 Å². The summed E-state index contributed by atoms with van der Waals surface area (Å²) in [7, 11) is 0. The molecule has 0 amide bonds. The number of nitrogens with one attached hydrogen (secondary N) is 1. The predicted molar refractivity (Wildman–Crippen MR) is 76.2 cm³/mol. The van der Waals surface area contributed by atoms with Crippen LogP contribution in [-0.2, 0) is 0 Å². The maximum Gasteiger partial charge on any atom is 0.126 e.